The first-order valence-corrected chi connectivity index (χ1v) is 6.80. The van der Waals surface area contributed by atoms with Crippen molar-refractivity contribution < 1.29 is 9.53 Å². The molecule has 1 atom stereocenters. The molecule has 1 aliphatic heterocycles. The van der Waals surface area contributed by atoms with E-state index in [1.54, 1.807) is 7.11 Å². The molecule has 1 amide bonds. The number of nitrogens with zero attached hydrogens (tertiary/aromatic N) is 1. The molecule has 4 nitrogen and oxygen atoms in total. The van der Waals surface area contributed by atoms with E-state index >= 15 is 0 Å². The molecule has 0 aliphatic carbocycles. The summed E-state index contributed by atoms with van der Waals surface area (Å²) >= 11 is 0. The largest absolute Gasteiger partial charge is 0.384 e. The normalized spacial score (nSPS) is 16.6. The lowest BCUT2D eigenvalue weighted by molar-refractivity contribution is -0.119. The van der Waals surface area contributed by atoms with Crippen molar-refractivity contribution in [2.45, 2.75) is 19.9 Å². The van der Waals surface area contributed by atoms with E-state index in [1.165, 1.54) is 5.56 Å². The SMILES string of the molecule is COCC(C)CC(=O)N1CCNCc2ccccc21. The molecule has 2 rings (SSSR count). The third kappa shape index (κ3) is 3.55. The number of carbonyl (C=O) groups excluding carboxylic acids is 1. The highest BCUT2D eigenvalue weighted by Gasteiger charge is 2.21. The second-order valence-electron chi connectivity index (χ2n) is 5.12. The number of methoxy groups -OCH3 is 1. The van der Waals surface area contributed by atoms with Gasteiger partial charge in [-0.05, 0) is 17.5 Å². The molecular formula is C15H22N2O2. The molecule has 1 aliphatic rings. The molecular weight excluding hydrogens is 240 g/mol. The van der Waals surface area contributed by atoms with Gasteiger partial charge in [-0.2, -0.15) is 0 Å². The Kier molecular flexibility index (Phi) is 4.93. The number of benzene rings is 1. The standard InChI is InChI=1S/C15H22N2O2/c1-12(11-19-2)9-15(18)17-8-7-16-10-13-5-3-4-6-14(13)17/h3-6,12,16H,7-11H2,1-2H3. The molecule has 1 unspecified atom stereocenters. The first kappa shape index (κ1) is 14.0. The molecule has 1 aromatic rings. The molecule has 0 bridgehead atoms. The predicted molar refractivity (Wildman–Crippen MR) is 76.2 cm³/mol. The first-order chi connectivity index (χ1) is 9.22. The average molecular weight is 262 g/mol. The highest BCUT2D eigenvalue weighted by molar-refractivity contribution is 5.94. The van der Waals surface area contributed by atoms with Gasteiger partial charge < -0.3 is 15.0 Å². The Morgan fingerprint density at radius 1 is 1.47 bits per heavy atom. The summed E-state index contributed by atoms with van der Waals surface area (Å²) in [6, 6.07) is 8.11. The van der Waals surface area contributed by atoms with Gasteiger partial charge in [0.1, 0.15) is 0 Å². The van der Waals surface area contributed by atoms with E-state index in [9.17, 15) is 4.79 Å². The van der Waals surface area contributed by atoms with E-state index in [2.05, 4.69) is 11.4 Å². The van der Waals surface area contributed by atoms with Crippen LogP contribution in [0.5, 0.6) is 0 Å². The Hall–Kier alpha value is -1.39. The third-order valence-corrected chi connectivity index (χ3v) is 3.39. The van der Waals surface area contributed by atoms with Gasteiger partial charge in [0.2, 0.25) is 5.91 Å². The number of hydrogen-bond donors (Lipinski definition) is 1. The van der Waals surface area contributed by atoms with Crippen molar-refractivity contribution in [3.63, 3.8) is 0 Å². The van der Waals surface area contributed by atoms with E-state index in [0.29, 0.717) is 13.0 Å². The second kappa shape index (κ2) is 6.68. The number of carbonyl (C=O) groups is 1. The molecule has 1 aromatic carbocycles. The summed E-state index contributed by atoms with van der Waals surface area (Å²) in [7, 11) is 1.67. The number of para-hydroxylation sites is 1. The summed E-state index contributed by atoms with van der Waals surface area (Å²) in [4.78, 5) is 14.3. The minimum absolute atomic E-state index is 0.181. The number of fused-ring (bicyclic) bond motifs is 1. The van der Waals surface area contributed by atoms with E-state index in [1.807, 2.05) is 30.0 Å². The Labute approximate surface area is 114 Å². The first-order valence-electron chi connectivity index (χ1n) is 6.80. The van der Waals surface area contributed by atoms with Crippen LogP contribution in [0.1, 0.15) is 18.9 Å². The van der Waals surface area contributed by atoms with Gasteiger partial charge in [-0.1, -0.05) is 25.1 Å². The van der Waals surface area contributed by atoms with E-state index in [0.717, 1.165) is 25.3 Å². The topological polar surface area (TPSA) is 41.6 Å². The monoisotopic (exact) mass is 262 g/mol. The smallest absolute Gasteiger partial charge is 0.227 e. The summed E-state index contributed by atoms with van der Waals surface area (Å²) in [5.74, 6) is 0.432. The maximum atomic E-state index is 12.4. The van der Waals surface area contributed by atoms with Crippen molar-refractivity contribution in [1.82, 2.24) is 5.32 Å². The van der Waals surface area contributed by atoms with Crippen LogP contribution in [-0.2, 0) is 16.1 Å². The zero-order chi connectivity index (χ0) is 13.7. The molecule has 0 saturated carbocycles. The van der Waals surface area contributed by atoms with Gasteiger partial charge in [-0.25, -0.2) is 0 Å². The summed E-state index contributed by atoms with van der Waals surface area (Å²) in [5, 5.41) is 3.35. The predicted octanol–water partition coefficient (Wildman–Crippen LogP) is 1.80. The summed E-state index contributed by atoms with van der Waals surface area (Å²) in [6.45, 7) is 5.06. The maximum Gasteiger partial charge on any atom is 0.227 e. The van der Waals surface area contributed by atoms with Crippen LogP contribution in [0.25, 0.3) is 0 Å². The molecule has 0 aromatic heterocycles. The molecule has 1 heterocycles. The van der Waals surface area contributed by atoms with Gasteiger partial charge in [0.15, 0.2) is 0 Å². The van der Waals surface area contributed by atoms with E-state index < -0.39 is 0 Å². The molecule has 4 heteroatoms. The third-order valence-electron chi connectivity index (χ3n) is 3.39. The quantitative estimate of drug-likeness (QED) is 0.899. The number of rotatable bonds is 4. The Morgan fingerprint density at radius 3 is 3.05 bits per heavy atom. The van der Waals surface area contributed by atoms with Gasteiger partial charge in [0, 0.05) is 45.5 Å². The lowest BCUT2D eigenvalue weighted by Crippen LogP contribution is -2.35. The Morgan fingerprint density at radius 2 is 2.26 bits per heavy atom. The van der Waals surface area contributed by atoms with Crippen LogP contribution < -0.4 is 10.2 Å². The summed E-state index contributed by atoms with van der Waals surface area (Å²) in [6.07, 6.45) is 0.530. The molecule has 0 spiro atoms. The zero-order valence-corrected chi connectivity index (χ0v) is 11.7. The fraction of sp³-hybridized carbons (Fsp3) is 0.533. The highest BCUT2D eigenvalue weighted by atomic mass is 16.5. The molecule has 104 valence electrons. The zero-order valence-electron chi connectivity index (χ0n) is 11.7. The van der Waals surface area contributed by atoms with Crippen LogP contribution in [0.2, 0.25) is 0 Å². The van der Waals surface area contributed by atoms with Crippen LogP contribution in [0.3, 0.4) is 0 Å². The van der Waals surface area contributed by atoms with Crippen LogP contribution >= 0.6 is 0 Å². The Balaban J connectivity index is 2.13. The van der Waals surface area contributed by atoms with Crippen LogP contribution in [0.4, 0.5) is 5.69 Å². The fourth-order valence-corrected chi connectivity index (χ4v) is 2.47. The van der Waals surface area contributed by atoms with Gasteiger partial charge in [0.25, 0.3) is 0 Å². The molecule has 0 fully saturated rings. The average Bonchev–Trinajstić information content (AvgIpc) is 2.61. The minimum atomic E-state index is 0.181. The second-order valence-corrected chi connectivity index (χ2v) is 5.12. The summed E-state index contributed by atoms with van der Waals surface area (Å²) < 4.78 is 5.10. The van der Waals surface area contributed by atoms with Crippen molar-refractivity contribution in [3.8, 4) is 0 Å². The van der Waals surface area contributed by atoms with Crippen molar-refractivity contribution in [1.29, 1.82) is 0 Å². The fourth-order valence-electron chi connectivity index (χ4n) is 2.47. The van der Waals surface area contributed by atoms with Crippen LogP contribution in [0.15, 0.2) is 24.3 Å². The molecule has 0 saturated heterocycles. The molecule has 19 heavy (non-hydrogen) atoms. The van der Waals surface area contributed by atoms with Gasteiger partial charge in [-0.3, -0.25) is 4.79 Å². The van der Waals surface area contributed by atoms with Gasteiger partial charge in [0.05, 0.1) is 0 Å². The van der Waals surface area contributed by atoms with Gasteiger partial charge in [-0.15, -0.1) is 0 Å². The van der Waals surface area contributed by atoms with Crippen molar-refractivity contribution in [2.75, 3.05) is 31.7 Å². The number of amides is 1. The van der Waals surface area contributed by atoms with Crippen molar-refractivity contribution in [2.24, 2.45) is 5.92 Å². The van der Waals surface area contributed by atoms with Crippen molar-refractivity contribution >= 4 is 11.6 Å². The van der Waals surface area contributed by atoms with Gasteiger partial charge >= 0.3 is 0 Å². The summed E-state index contributed by atoms with van der Waals surface area (Å²) in [5.41, 5.74) is 2.23. The maximum absolute atomic E-state index is 12.4. The number of ether oxygens (including phenoxy) is 1. The minimum Gasteiger partial charge on any atom is -0.384 e. The molecule has 0 radical (unpaired) electrons. The van der Waals surface area contributed by atoms with E-state index in [-0.39, 0.29) is 11.8 Å². The highest BCUT2D eigenvalue weighted by Crippen LogP contribution is 2.23. The van der Waals surface area contributed by atoms with Crippen molar-refractivity contribution in [3.05, 3.63) is 29.8 Å². The van der Waals surface area contributed by atoms with E-state index in [4.69, 9.17) is 4.74 Å². The number of anilines is 1. The Bertz CT molecular complexity index is 434. The lowest BCUT2D eigenvalue weighted by Gasteiger charge is -2.24. The number of hydrogen-bond acceptors (Lipinski definition) is 3. The molecule has 1 N–H and O–H groups in total. The van der Waals surface area contributed by atoms with Crippen LogP contribution in [0, 0.1) is 5.92 Å². The number of nitrogens with one attached hydrogen (secondary N) is 1. The lowest BCUT2D eigenvalue weighted by atomic mass is 10.1. The van der Waals surface area contributed by atoms with Crippen LogP contribution in [-0.4, -0.2) is 32.7 Å².